The van der Waals surface area contributed by atoms with Gasteiger partial charge in [-0.25, -0.2) is 0 Å². The minimum atomic E-state index is -0.949. The quantitative estimate of drug-likeness (QED) is 0.599. The molecule has 0 bridgehead atoms. The summed E-state index contributed by atoms with van der Waals surface area (Å²) in [5.74, 6) is -1.53. The number of fused-ring (bicyclic) bond motifs is 1. The maximum Gasteiger partial charge on any atom is 0.262 e. The van der Waals surface area contributed by atoms with E-state index in [1.54, 1.807) is 18.2 Å². The number of rotatable bonds is 5. The van der Waals surface area contributed by atoms with E-state index in [2.05, 4.69) is 10.2 Å². The van der Waals surface area contributed by atoms with Gasteiger partial charge in [0.05, 0.1) is 11.1 Å². The Kier molecular flexibility index (Phi) is 4.25. The summed E-state index contributed by atoms with van der Waals surface area (Å²) < 4.78 is 0. The number of amides is 4. The zero-order valence-electron chi connectivity index (χ0n) is 14.6. The number of benzene rings is 1. The van der Waals surface area contributed by atoms with E-state index in [1.165, 1.54) is 0 Å². The molecule has 1 aromatic carbocycles. The topological polar surface area (TPSA) is 104 Å². The number of piperidine rings is 1. The van der Waals surface area contributed by atoms with Crippen LogP contribution in [0.4, 0.5) is 5.69 Å². The lowest BCUT2D eigenvalue weighted by Gasteiger charge is -2.41. The number of carbonyl (C=O) groups excluding carboxylic acids is 5. The van der Waals surface area contributed by atoms with Gasteiger partial charge < -0.3 is 9.69 Å². The van der Waals surface area contributed by atoms with Gasteiger partial charge in [-0.1, -0.05) is 0 Å². The summed E-state index contributed by atoms with van der Waals surface area (Å²) in [6, 6.07) is 4.16. The Balaban J connectivity index is 1.51. The van der Waals surface area contributed by atoms with Gasteiger partial charge in [0, 0.05) is 31.6 Å². The molecule has 3 heterocycles. The van der Waals surface area contributed by atoms with E-state index in [9.17, 15) is 24.0 Å². The van der Waals surface area contributed by atoms with Crippen molar-refractivity contribution < 1.29 is 24.0 Å². The smallest absolute Gasteiger partial charge is 0.262 e. The fraction of sp³-hybridized carbons (Fsp3) is 0.421. The van der Waals surface area contributed by atoms with Gasteiger partial charge in [0.25, 0.3) is 11.8 Å². The van der Waals surface area contributed by atoms with E-state index in [0.29, 0.717) is 17.9 Å². The third kappa shape index (κ3) is 2.90. The summed E-state index contributed by atoms with van der Waals surface area (Å²) in [6.45, 7) is 1.62. The number of nitrogens with one attached hydrogen (secondary N) is 1. The third-order valence-electron chi connectivity index (χ3n) is 5.44. The lowest BCUT2D eigenvalue weighted by molar-refractivity contribution is -0.136. The molecule has 2 fully saturated rings. The molecule has 3 aliphatic rings. The molecule has 3 aliphatic heterocycles. The first-order valence-corrected chi connectivity index (χ1v) is 9.04. The van der Waals surface area contributed by atoms with Crippen molar-refractivity contribution in [2.75, 3.05) is 18.0 Å². The molecule has 2 saturated heterocycles. The van der Waals surface area contributed by atoms with Crippen molar-refractivity contribution in [2.45, 2.75) is 31.7 Å². The van der Waals surface area contributed by atoms with Crippen molar-refractivity contribution >= 4 is 35.6 Å². The highest BCUT2D eigenvalue weighted by Crippen LogP contribution is 2.33. The third-order valence-corrected chi connectivity index (χ3v) is 5.44. The van der Waals surface area contributed by atoms with E-state index in [4.69, 9.17) is 0 Å². The number of hydrogen-bond donors (Lipinski definition) is 1. The van der Waals surface area contributed by atoms with Gasteiger partial charge in [-0.05, 0) is 37.0 Å². The molecule has 4 amide bonds. The van der Waals surface area contributed by atoms with Crippen molar-refractivity contribution in [3.8, 4) is 0 Å². The Hall–Kier alpha value is -3.03. The number of hydrogen-bond acceptors (Lipinski definition) is 6. The van der Waals surface area contributed by atoms with Gasteiger partial charge in [-0.3, -0.25) is 29.4 Å². The second kappa shape index (κ2) is 6.61. The zero-order chi connectivity index (χ0) is 19.1. The minimum absolute atomic E-state index is 0.102. The lowest BCUT2D eigenvalue weighted by atomic mass is 9.94. The normalized spacial score (nSPS) is 22.6. The summed E-state index contributed by atoms with van der Waals surface area (Å²) in [5.41, 5.74) is 1.42. The molecular formula is C19H19N3O5. The van der Waals surface area contributed by atoms with Crippen LogP contribution in [0, 0.1) is 5.92 Å². The molecular weight excluding hydrogens is 350 g/mol. The lowest BCUT2D eigenvalue weighted by Crippen LogP contribution is -2.54. The highest BCUT2D eigenvalue weighted by atomic mass is 16.2. The second-order valence-corrected chi connectivity index (χ2v) is 7.19. The molecule has 1 N–H and O–H groups in total. The van der Waals surface area contributed by atoms with Crippen LogP contribution in [0.25, 0.3) is 0 Å². The SMILES string of the molecule is O=CCCC1CN(c2ccc3c(c2)C(=O)N(C2CCC(=O)NC2=O)C3=O)C1. The highest BCUT2D eigenvalue weighted by molar-refractivity contribution is 6.23. The van der Waals surface area contributed by atoms with Crippen LogP contribution in [-0.2, 0) is 14.4 Å². The molecule has 8 nitrogen and oxygen atoms in total. The largest absolute Gasteiger partial charge is 0.371 e. The Bertz CT molecular complexity index is 859. The average Bonchev–Trinajstić information content (AvgIpc) is 2.85. The number of nitrogens with zero attached hydrogens (tertiary/aromatic N) is 2. The molecule has 27 heavy (non-hydrogen) atoms. The molecule has 1 atom stereocenters. The van der Waals surface area contributed by atoms with E-state index in [-0.39, 0.29) is 18.4 Å². The fourth-order valence-corrected chi connectivity index (χ4v) is 3.92. The van der Waals surface area contributed by atoms with Crippen LogP contribution in [0.3, 0.4) is 0 Å². The summed E-state index contributed by atoms with van der Waals surface area (Å²) >= 11 is 0. The number of imide groups is 2. The molecule has 0 spiro atoms. The van der Waals surface area contributed by atoms with Crippen LogP contribution >= 0.6 is 0 Å². The summed E-state index contributed by atoms with van der Waals surface area (Å²) in [6.07, 6.45) is 2.58. The molecule has 0 aliphatic carbocycles. The van der Waals surface area contributed by atoms with Gasteiger partial charge in [0.1, 0.15) is 12.3 Å². The van der Waals surface area contributed by atoms with Gasteiger partial charge in [-0.15, -0.1) is 0 Å². The molecule has 0 saturated carbocycles. The van der Waals surface area contributed by atoms with E-state index < -0.39 is 29.7 Å². The van der Waals surface area contributed by atoms with Crippen LogP contribution in [-0.4, -0.2) is 53.9 Å². The summed E-state index contributed by atoms with van der Waals surface area (Å²) in [7, 11) is 0. The highest BCUT2D eigenvalue weighted by Gasteiger charge is 2.44. The van der Waals surface area contributed by atoms with Crippen LogP contribution in [0.2, 0.25) is 0 Å². The molecule has 1 unspecified atom stereocenters. The maximum atomic E-state index is 12.8. The monoisotopic (exact) mass is 369 g/mol. The van der Waals surface area contributed by atoms with Crippen molar-refractivity contribution in [3.05, 3.63) is 29.3 Å². The van der Waals surface area contributed by atoms with E-state index >= 15 is 0 Å². The Labute approximate surface area is 155 Å². The molecule has 140 valence electrons. The van der Waals surface area contributed by atoms with Crippen molar-refractivity contribution in [1.82, 2.24) is 10.2 Å². The number of carbonyl (C=O) groups is 5. The van der Waals surface area contributed by atoms with Crippen LogP contribution in [0.5, 0.6) is 0 Å². The first kappa shape index (κ1) is 17.4. The van der Waals surface area contributed by atoms with Crippen molar-refractivity contribution in [2.24, 2.45) is 5.92 Å². The maximum absolute atomic E-state index is 12.8. The van der Waals surface area contributed by atoms with Gasteiger partial charge >= 0.3 is 0 Å². The predicted molar refractivity (Wildman–Crippen MR) is 94.1 cm³/mol. The summed E-state index contributed by atoms with van der Waals surface area (Å²) in [4.78, 5) is 62.4. The fourth-order valence-electron chi connectivity index (χ4n) is 3.92. The molecule has 1 aromatic rings. The Morgan fingerprint density at radius 1 is 1.07 bits per heavy atom. The summed E-state index contributed by atoms with van der Waals surface area (Å²) in [5, 5.41) is 2.19. The molecule has 0 aromatic heterocycles. The number of aldehydes is 1. The zero-order valence-corrected chi connectivity index (χ0v) is 14.6. The Morgan fingerprint density at radius 3 is 2.52 bits per heavy atom. The number of anilines is 1. The second-order valence-electron chi connectivity index (χ2n) is 7.19. The van der Waals surface area contributed by atoms with Crippen molar-refractivity contribution in [1.29, 1.82) is 0 Å². The van der Waals surface area contributed by atoms with Crippen molar-refractivity contribution in [3.63, 3.8) is 0 Å². The van der Waals surface area contributed by atoms with E-state index in [1.807, 2.05) is 0 Å². The van der Waals surface area contributed by atoms with Crippen LogP contribution in [0.15, 0.2) is 18.2 Å². The standard InChI is InChI=1S/C19H19N3O5/c23-7-1-2-11-9-21(10-11)12-3-4-13-14(8-12)19(27)22(18(13)26)15-5-6-16(24)20-17(15)25/h3-4,7-8,11,15H,1-2,5-6,9-10H2,(H,20,24,25). The predicted octanol–water partition coefficient (Wildman–Crippen LogP) is 0.503. The van der Waals surface area contributed by atoms with Crippen LogP contribution < -0.4 is 10.2 Å². The Morgan fingerprint density at radius 2 is 1.81 bits per heavy atom. The molecule has 0 radical (unpaired) electrons. The van der Waals surface area contributed by atoms with E-state index in [0.717, 1.165) is 36.4 Å². The van der Waals surface area contributed by atoms with Gasteiger partial charge in [-0.2, -0.15) is 0 Å². The first-order valence-electron chi connectivity index (χ1n) is 9.04. The van der Waals surface area contributed by atoms with Gasteiger partial charge in [0.15, 0.2) is 0 Å². The van der Waals surface area contributed by atoms with Crippen LogP contribution in [0.1, 0.15) is 46.4 Å². The molecule has 8 heteroatoms. The minimum Gasteiger partial charge on any atom is -0.371 e. The first-order chi connectivity index (χ1) is 13.0. The van der Waals surface area contributed by atoms with Gasteiger partial charge in [0.2, 0.25) is 11.8 Å². The average molecular weight is 369 g/mol. The molecule has 4 rings (SSSR count).